The summed E-state index contributed by atoms with van der Waals surface area (Å²) in [6.07, 6.45) is -13.9. The predicted octanol–water partition coefficient (Wildman–Crippen LogP) is 11.0. The second-order valence-corrected chi connectivity index (χ2v) is 29.8. The molecule has 0 bridgehead atoms. The summed E-state index contributed by atoms with van der Waals surface area (Å²) in [6, 6.07) is 39.0. The number of carboxylic acid groups (broad SMARTS) is 6. The van der Waals surface area contributed by atoms with E-state index in [4.69, 9.17) is 13.5 Å². The molecule has 468 valence electrons. The minimum absolute atomic E-state index is 0.0610. The van der Waals surface area contributed by atoms with E-state index in [1.54, 1.807) is 0 Å². The zero-order chi connectivity index (χ0) is 66.6. The summed E-state index contributed by atoms with van der Waals surface area (Å²) in [5, 5.41) is 62.1. The Kier molecular flexibility index (Phi) is 18.1. The molecule has 0 aliphatic heterocycles. The summed E-state index contributed by atoms with van der Waals surface area (Å²) in [7, 11) is -3.31. The molecule has 9 aromatic carbocycles. The number of rotatable bonds is 24. The van der Waals surface area contributed by atoms with Crippen LogP contribution in [0.2, 0.25) is 0 Å². The number of hydrogen-bond acceptors (Lipinski definition) is 11. The van der Waals surface area contributed by atoms with Crippen LogP contribution in [0.5, 0.6) is 5.75 Å². The third-order valence-electron chi connectivity index (χ3n) is 15.3. The Balaban J connectivity index is 1.63. The predicted molar refractivity (Wildman–Crippen MR) is 328 cm³/mol. The van der Waals surface area contributed by atoms with Gasteiger partial charge in [0.05, 0.1) is 0 Å². The van der Waals surface area contributed by atoms with Crippen LogP contribution in [-0.4, -0.2) is 97.7 Å². The van der Waals surface area contributed by atoms with Crippen molar-refractivity contribution in [2.75, 3.05) is 12.3 Å². The van der Waals surface area contributed by atoms with Gasteiger partial charge in [-0.05, 0) is 0 Å². The van der Waals surface area contributed by atoms with E-state index in [1.165, 1.54) is 60.7 Å². The molecular formula is C66H47BF6O17P2. The molecule has 9 rings (SSSR count). The van der Waals surface area contributed by atoms with E-state index in [0.717, 1.165) is 146 Å². The summed E-state index contributed by atoms with van der Waals surface area (Å²) in [5.41, 5.74) is -8.34. The van der Waals surface area contributed by atoms with E-state index >= 15 is 35.9 Å². The number of alkyl halides is 6. The van der Waals surface area contributed by atoms with Crippen LogP contribution >= 0.6 is 13.7 Å². The Morgan fingerprint density at radius 1 is 0.315 bits per heavy atom. The van der Waals surface area contributed by atoms with Crippen molar-refractivity contribution in [3.63, 3.8) is 0 Å². The van der Waals surface area contributed by atoms with Gasteiger partial charge in [0.2, 0.25) is 0 Å². The Morgan fingerprint density at radius 3 is 0.761 bits per heavy atom. The van der Waals surface area contributed by atoms with Crippen LogP contribution in [0.4, 0.5) is 26.3 Å². The van der Waals surface area contributed by atoms with E-state index in [1.807, 2.05) is 0 Å². The Morgan fingerprint density at radius 2 is 0.543 bits per heavy atom. The third kappa shape index (κ3) is 12.5. The molecule has 0 unspecified atom stereocenters. The number of carboxylic acids is 6. The van der Waals surface area contributed by atoms with E-state index in [2.05, 4.69) is 0 Å². The fourth-order valence-electron chi connectivity index (χ4n) is 11.0. The zero-order valence-corrected chi connectivity index (χ0v) is 49.0. The second kappa shape index (κ2) is 25.3. The molecule has 0 spiro atoms. The molecule has 0 fully saturated rings. The fourth-order valence-corrected chi connectivity index (χ4v) is 22.1. The number of carbonyl (C=O) groups is 8. The number of hydrogen-bond donors (Lipinski definition) is 6. The maximum absolute atomic E-state index is 16.0. The molecule has 6 N–H and O–H groups in total. The topological polar surface area (TPSA) is 286 Å². The molecule has 0 heterocycles. The first-order valence-electron chi connectivity index (χ1n) is 27.0. The van der Waals surface area contributed by atoms with Crippen molar-refractivity contribution in [2.45, 2.75) is 12.4 Å². The SMILES string of the molecule is O=C(O)c1cccc(P(CC(=O)c2ccccc2)(OB(Oc2cc(C(F)(F)F)cc(C(F)(F)F)c2)OP(CC(=O)c2ccccc2)(c2cccc(C(=O)O)c2)(c2cccc(C(=O)O)c2)c2cccc(C(=O)O)c2)(c2cccc(C(=O)O)c2)c2cccc(C(=O)O)c2)c1. The number of Topliss-reactive ketones (excluding diaryl/α,β-unsaturated/α-hetero) is 2. The number of aromatic carboxylic acids is 6. The summed E-state index contributed by atoms with van der Waals surface area (Å²) in [4.78, 5) is 112. The van der Waals surface area contributed by atoms with Crippen molar-refractivity contribution in [1.82, 2.24) is 0 Å². The van der Waals surface area contributed by atoms with Gasteiger partial charge in [-0.25, -0.2) is 0 Å². The van der Waals surface area contributed by atoms with Crippen molar-refractivity contribution in [3.8, 4) is 5.75 Å². The summed E-state index contributed by atoms with van der Waals surface area (Å²) >= 11 is 0. The molecule has 92 heavy (non-hydrogen) atoms. The first-order valence-corrected chi connectivity index (χ1v) is 31.7. The molecule has 0 amide bonds. The minimum atomic E-state index is -6.66. The van der Waals surface area contributed by atoms with Crippen LogP contribution in [0.25, 0.3) is 0 Å². The van der Waals surface area contributed by atoms with Crippen molar-refractivity contribution < 1.29 is 109 Å². The Hall–Kier alpha value is -10.6. The van der Waals surface area contributed by atoms with Crippen LogP contribution in [-0.2, 0) is 21.2 Å². The molecular weight excluding hydrogens is 1250 g/mol. The van der Waals surface area contributed by atoms with Crippen molar-refractivity contribution in [1.29, 1.82) is 0 Å². The van der Waals surface area contributed by atoms with E-state index in [9.17, 15) is 59.4 Å². The van der Waals surface area contributed by atoms with E-state index < -0.39 is 175 Å². The normalized spacial score (nSPS) is 12.6. The molecule has 0 atom stereocenters. The van der Waals surface area contributed by atoms with Gasteiger partial charge in [0.1, 0.15) is 0 Å². The zero-order valence-electron chi connectivity index (χ0n) is 47.2. The molecule has 26 heteroatoms. The molecule has 0 radical (unpaired) electrons. The van der Waals surface area contributed by atoms with Crippen molar-refractivity contribution >= 4 is 100 Å². The molecule has 0 aliphatic rings. The third-order valence-corrected chi connectivity index (χ3v) is 26.6. The van der Waals surface area contributed by atoms with E-state index in [0.29, 0.717) is 0 Å². The summed E-state index contributed by atoms with van der Waals surface area (Å²) in [5.74, 6) is -13.7. The number of benzene rings is 9. The quantitative estimate of drug-likeness (QED) is 0.0142. The number of halogens is 6. The van der Waals surface area contributed by atoms with Gasteiger partial charge in [0.25, 0.3) is 0 Å². The van der Waals surface area contributed by atoms with Gasteiger partial charge in [0, 0.05) is 0 Å². The fraction of sp³-hybridized carbons (Fsp3) is 0.0606. The van der Waals surface area contributed by atoms with Crippen LogP contribution in [0, 0.1) is 0 Å². The maximum atomic E-state index is 16.0. The van der Waals surface area contributed by atoms with Crippen LogP contribution in [0.15, 0.2) is 224 Å². The second-order valence-electron chi connectivity index (χ2n) is 20.8. The van der Waals surface area contributed by atoms with Gasteiger partial charge in [0.15, 0.2) is 0 Å². The molecule has 9 aromatic rings. The van der Waals surface area contributed by atoms with Crippen LogP contribution in [0.1, 0.15) is 94.0 Å². The molecule has 0 saturated carbocycles. The van der Waals surface area contributed by atoms with Crippen molar-refractivity contribution in [3.05, 3.63) is 280 Å². The van der Waals surface area contributed by atoms with Crippen LogP contribution in [0.3, 0.4) is 0 Å². The van der Waals surface area contributed by atoms with Gasteiger partial charge in [-0.1, -0.05) is 0 Å². The monoisotopic (exact) mass is 1300 g/mol. The average Bonchev–Trinajstić information content (AvgIpc) is 0.686. The standard InChI is InChI=1S/C66H47BF6O17P2/c68-65(69,70)48-35-49(66(71,72)73)37-50(36-48)88-67(89-91(38-57(74)40-13-3-1-4-14-40,51-23-7-17-42(29-51)59(76)77,52-24-8-18-43(30-52)60(78)79)53-25-9-19-44(31-53)61(80)81)90-92(39-58(75)41-15-5-2-6-16-41,54-26-10-20-45(32-54)62(82)83,55-27-11-21-46(33-55)63(84)85)56-28-12-22-47(34-56)64(86)87/h1-37H,38-39H2,(H,76,77)(H,78,79)(H,80,81)(H,82,83)(H,84,85)(H,86,87). The van der Waals surface area contributed by atoms with Gasteiger partial charge < -0.3 is 0 Å². The first kappa shape index (κ1) is 65.8. The Labute approximate surface area is 517 Å². The number of carbonyl (C=O) groups excluding carboxylic acids is 2. The first-order chi connectivity index (χ1) is 43.5. The molecule has 0 saturated heterocycles. The molecule has 0 aromatic heterocycles. The van der Waals surface area contributed by atoms with Gasteiger partial charge >= 0.3 is 520 Å². The van der Waals surface area contributed by atoms with Gasteiger partial charge in [-0.15, -0.1) is 0 Å². The van der Waals surface area contributed by atoms with Gasteiger partial charge in [-0.3, -0.25) is 0 Å². The van der Waals surface area contributed by atoms with Crippen molar-refractivity contribution in [2.24, 2.45) is 0 Å². The van der Waals surface area contributed by atoms with E-state index in [-0.39, 0.29) is 29.3 Å². The summed E-state index contributed by atoms with van der Waals surface area (Å²) in [6.45, 7) is -13.3. The molecule has 0 aliphatic carbocycles. The molecule has 17 nitrogen and oxygen atoms in total. The number of ketones is 2. The summed E-state index contributed by atoms with van der Waals surface area (Å²) < 4.78 is 113. The van der Waals surface area contributed by atoms with Crippen LogP contribution < -0.4 is 36.5 Å². The van der Waals surface area contributed by atoms with Gasteiger partial charge in [-0.2, -0.15) is 0 Å². The average molecular weight is 1300 g/mol. The Bertz CT molecular complexity index is 3890.